The summed E-state index contributed by atoms with van der Waals surface area (Å²) >= 11 is 0. The van der Waals surface area contributed by atoms with Crippen LogP contribution < -0.4 is 0 Å². The molecule has 0 bridgehead atoms. The number of rotatable bonds is 10. The van der Waals surface area contributed by atoms with Gasteiger partial charge < -0.3 is 4.90 Å². The summed E-state index contributed by atoms with van der Waals surface area (Å²) in [6.45, 7) is 2.73. The number of nitrogens with zero attached hydrogens (tertiary/aromatic N) is 1. The van der Waals surface area contributed by atoms with Gasteiger partial charge >= 0.3 is 0 Å². The van der Waals surface area contributed by atoms with E-state index in [9.17, 15) is 4.79 Å². The predicted octanol–water partition coefficient (Wildman–Crippen LogP) is 4.33. The van der Waals surface area contributed by atoms with Gasteiger partial charge in [-0.15, -0.1) is 0 Å². The van der Waals surface area contributed by atoms with Crippen LogP contribution in [0.5, 0.6) is 0 Å². The number of carbonyl (C=O) groups is 1. The molecule has 1 aromatic rings. The smallest absolute Gasteiger partial charge is 0.176 e. The fourth-order valence-corrected chi connectivity index (χ4v) is 2.35. The van der Waals surface area contributed by atoms with E-state index in [2.05, 4.69) is 19.1 Å². The SMILES string of the molecule is CCCCCCCCc1ccc(C(=O)CN(C)C)cc1. The number of hydrogen-bond acceptors (Lipinski definition) is 2. The van der Waals surface area contributed by atoms with E-state index in [4.69, 9.17) is 0 Å². The Morgan fingerprint density at radius 3 is 2.15 bits per heavy atom. The van der Waals surface area contributed by atoms with E-state index in [1.54, 1.807) is 0 Å². The quantitative estimate of drug-likeness (QED) is 0.468. The van der Waals surface area contributed by atoms with Gasteiger partial charge in [0.2, 0.25) is 0 Å². The molecule has 2 heteroatoms. The second kappa shape index (κ2) is 9.71. The Morgan fingerprint density at radius 2 is 1.55 bits per heavy atom. The van der Waals surface area contributed by atoms with Gasteiger partial charge in [0.05, 0.1) is 6.54 Å². The van der Waals surface area contributed by atoms with Crippen LogP contribution in [0.3, 0.4) is 0 Å². The number of Topliss-reactive ketones (excluding diaryl/α,β-unsaturated/α-hetero) is 1. The van der Waals surface area contributed by atoms with Crippen LogP contribution in [-0.4, -0.2) is 31.3 Å². The van der Waals surface area contributed by atoms with Crippen LogP contribution >= 0.6 is 0 Å². The van der Waals surface area contributed by atoms with Crippen molar-refractivity contribution in [2.75, 3.05) is 20.6 Å². The third-order valence-corrected chi connectivity index (χ3v) is 3.55. The lowest BCUT2D eigenvalue weighted by Gasteiger charge is -2.08. The molecule has 20 heavy (non-hydrogen) atoms. The normalized spacial score (nSPS) is 11.0. The fraction of sp³-hybridized carbons (Fsp3) is 0.611. The van der Waals surface area contributed by atoms with E-state index in [0.29, 0.717) is 6.54 Å². The summed E-state index contributed by atoms with van der Waals surface area (Å²) in [6, 6.07) is 8.15. The molecule has 0 aliphatic heterocycles. The van der Waals surface area contributed by atoms with Gasteiger partial charge in [-0.3, -0.25) is 4.79 Å². The van der Waals surface area contributed by atoms with Crippen LogP contribution in [0.2, 0.25) is 0 Å². The molecule has 112 valence electrons. The summed E-state index contributed by atoms with van der Waals surface area (Å²) in [5.41, 5.74) is 2.17. The zero-order valence-corrected chi connectivity index (χ0v) is 13.3. The lowest BCUT2D eigenvalue weighted by molar-refractivity contribution is 0.0958. The largest absolute Gasteiger partial charge is 0.302 e. The average Bonchev–Trinajstić information content (AvgIpc) is 2.42. The molecule has 1 aromatic carbocycles. The van der Waals surface area contributed by atoms with Gasteiger partial charge in [0.15, 0.2) is 5.78 Å². The van der Waals surface area contributed by atoms with Crippen LogP contribution in [0, 0.1) is 0 Å². The molecule has 1 rings (SSSR count). The highest BCUT2D eigenvalue weighted by molar-refractivity contribution is 5.97. The molecule has 2 nitrogen and oxygen atoms in total. The first kappa shape index (κ1) is 16.9. The zero-order valence-electron chi connectivity index (χ0n) is 13.3. The Balaban J connectivity index is 2.30. The molecule has 0 aliphatic carbocycles. The van der Waals surface area contributed by atoms with Crippen molar-refractivity contribution >= 4 is 5.78 Å². The van der Waals surface area contributed by atoms with E-state index < -0.39 is 0 Å². The number of carbonyl (C=O) groups excluding carboxylic acids is 1. The molecule has 0 saturated heterocycles. The maximum Gasteiger partial charge on any atom is 0.176 e. The zero-order chi connectivity index (χ0) is 14.8. The van der Waals surface area contributed by atoms with Crippen molar-refractivity contribution in [3.63, 3.8) is 0 Å². The highest BCUT2D eigenvalue weighted by Crippen LogP contribution is 2.11. The van der Waals surface area contributed by atoms with E-state index in [1.807, 2.05) is 31.1 Å². The van der Waals surface area contributed by atoms with Gasteiger partial charge in [0.25, 0.3) is 0 Å². The van der Waals surface area contributed by atoms with Crippen molar-refractivity contribution < 1.29 is 4.79 Å². The molecule has 0 atom stereocenters. The van der Waals surface area contributed by atoms with Crippen molar-refractivity contribution in [3.8, 4) is 0 Å². The molecular weight excluding hydrogens is 246 g/mol. The summed E-state index contributed by atoms with van der Waals surface area (Å²) in [5, 5.41) is 0. The molecule has 0 fully saturated rings. The number of ketones is 1. The Bertz CT molecular complexity index is 381. The minimum Gasteiger partial charge on any atom is -0.302 e. The summed E-state index contributed by atoms with van der Waals surface area (Å²) in [4.78, 5) is 13.8. The first-order valence-corrected chi connectivity index (χ1v) is 7.90. The lowest BCUT2D eigenvalue weighted by Crippen LogP contribution is -2.21. The van der Waals surface area contributed by atoms with Gasteiger partial charge in [0.1, 0.15) is 0 Å². The molecular formula is C18H29NO. The van der Waals surface area contributed by atoms with Crippen molar-refractivity contribution in [2.24, 2.45) is 0 Å². The first-order chi connectivity index (χ1) is 9.63. The predicted molar refractivity (Wildman–Crippen MR) is 86.4 cm³/mol. The van der Waals surface area contributed by atoms with Gasteiger partial charge in [-0.05, 0) is 32.5 Å². The van der Waals surface area contributed by atoms with Crippen molar-refractivity contribution in [2.45, 2.75) is 51.9 Å². The summed E-state index contributed by atoms with van der Waals surface area (Å²) in [6.07, 6.45) is 9.11. The summed E-state index contributed by atoms with van der Waals surface area (Å²) < 4.78 is 0. The minimum atomic E-state index is 0.195. The van der Waals surface area contributed by atoms with Crippen LogP contribution in [0.4, 0.5) is 0 Å². The lowest BCUT2D eigenvalue weighted by atomic mass is 10.0. The second-order valence-corrected chi connectivity index (χ2v) is 5.88. The topological polar surface area (TPSA) is 20.3 Å². The maximum absolute atomic E-state index is 11.9. The van der Waals surface area contributed by atoms with Crippen LogP contribution in [0.1, 0.15) is 61.4 Å². The Labute approximate surface area is 124 Å². The molecule has 0 heterocycles. The molecule has 0 radical (unpaired) electrons. The molecule has 0 N–H and O–H groups in total. The van der Waals surface area contributed by atoms with Gasteiger partial charge in [-0.2, -0.15) is 0 Å². The molecule has 0 aliphatic rings. The van der Waals surface area contributed by atoms with Crippen LogP contribution in [0.25, 0.3) is 0 Å². The van der Waals surface area contributed by atoms with Crippen molar-refractivity contribution in [1.29, 1.82) is 0 Å². The van der Waals surface area contributed by atoms with Crippen molar-refractivity contribution in [3.05, 3.63) is 35.4 Å². The molecule has 0 saturated carbocycles. The average molecular weight is 275 g/mol. The summed E-state index contributed by atoms with van der Waals surface area (Å²) in [5.74, 6) is 0.195. The van der Waals surface area contributed by atoms with Crippen LogP contribution in [0.15, 0.2) is 24.3 Å². The number of benzene rings is 1. The maximum atomic E-state index is 11.9. The monoisotopic (exact) mass is 275 g/mol. The van der Waals surface area contributed by atoms with E-state index >= 15 is 0 Å². The number of unbranched alkanes of at least 4 members (excludes halogenated alkanes) is 5. The van der Waals surface area contributed by atoms with Gasteiger partial charge in [0, 0.05) is 5.56 Å². The Hall–Kier alpha value is -1.15. The molecule has 0 aromatic heterocycles. The molecule has 0 spiro atoms. The fourth-order valence-electron chi connectivity index (χ4n) is 2.35. The van der Waals surface area contributed by atoms with Crippen molar-refractivity contribution in [1.82, 2.24) is 4.90 Å². The van der Waals surface area contributed by atoms with Crippen LogP contribution in [-0.2, 0) is 6.42 Å². The standard InChI is InChI=1S/C18H29NO/c1-4-5-6-7-8-9-10-16-11-13-17(14-12-16)18(20)15-19(2)3/h11-14H,4-10,15H2,1-3H3. The van der Waals surface area contributed by atoms with Gasteiger partial charge in [-0.25, -0.2) is 0 Å². The number of hydrogen-bond donors (Lipinski definition) is 0. The van der Waals surface area contributed by atoms with E-state index in [0.717, 1.165) is 12.0 Å². The second-order valence-electron chi connectivity index (χ2n) is 5.88. The van der Waals surface area contributed by atoms with E-state index in [-0.39, 0.29) is 5.78 Å². The number of aryl methyl sites for hydroxylation is 1. The minimum absolute atomic E-state index is 0.195. The third-order valence-electron chi connectivity index (χ3n) is 3.55. The highest BCUT2D eigenvalue weighted by Gasteiger charge is 2.06. The van der Waals surface area contributed by atoms with Gasteiger partial charge in [-0.1, -0.05) is 63.3 Å². The highest BCUT2D eigenvalue weighted by atomic mass is 16.1. The Kier molecular flexibility index (Phi) is 8.20. The summed E-state index contributed by atoms with van der Waals surface area (Å²) in [7, 11) is 3.84. The first-order valence-electron chi connectivity index (χ1n) is 7.90. The van der Waals surface area contributed by atoms with E-state index in [1.165, 1.54) is 44.1 Å². The number of likely N-dealkylation sites (N-methyl/N-ethyl adjacent to an activating group) is 1. The molecule has 0 unspecified atom stereocenters. The Morgan fingerprint density at radius 1 is 0.950 bits per heavy atom. The third kappa shape index (κ3) is 6.85. The molecule has 0 amide bonds.